The normalized spacial score (nSPS) is 16.5. The van der Waals surface area contributed by atoms with Crippen LogP contribution >= 0.6 is 11.8 Å². The van der Waals surface area contributed by atoms with Crippen molar-refractivity contribution in [3.05, 3.63) is 59.7 Å². The molecule has 0 saturated heterocycles. The van der Waals surface area contributed by atoms with Crippen molar-refractivity contribution in [2.45, 2.75) is 13.3 Å². The van der Waals surface area contributed by atoms with Gasteiger partial charge in [0.05, 0.1) is 31.6 Å². The summed E-state index contributed by atoms with van der Waals surface area (Å²) in [5.41, 5.74) is 0.675. The lowest BCUT2D eigenvalue weighted by molar-refractivity contribution is -0.114. The largest absolute Gasteiger partial charge is 0.497 e. The van der Waals surface area contributed by atoms with Crippen LogP contribution in [0.2, 0.25) is 0 Å². The molecule has 10 nitrogen and oxygen atoms in total. The number of ether oxygens (including phenoxy) is 3. The van der Waals surface area contributed by atoms with Gasteiger partial charge in [-0.2, -0.15) is 10.0 Å². The van der Waals surface area contributed by atoms with Crippen LogP contribution in [0, 0.1) is 5.41 Å². The summed E-state index contributed by atoms with van der Waals surface area (Å²) in [5, 5.41) is 13.5. The Kier molecular flexibility index (Phi) is 7.75. The van der Waals surface area contributed by atoms with Crippen molar-refractivity contribution < 1.29 is 27.4 Å². The van der Waals surface area contributed by atoms with Gasteiger partial charge >= 0.3 is 0 Å². The Balaban J connectivity index is 1.33. The standard InChI is InChI=1S/C24H24N4O6S2/c1-3-36(30,31)24-27-28-21(25)20(22(29)26-23(28)35-24)14-16-8-10-17(11-9-16)33-12-5-13-34-19-7-4-6-18(15-19)32-2/h4,6-11,14-15,25H,3,5,12-13H2,1-2H3/b20-14+,25-21?. The molecule has 0 aliphatic carbocycles. The maximum Gasteiger partial charge on any atom is 0.283 e. The maximum absolute atomic E-state index is 12.5. The molecular formula is C24H24N4O6S2. The molecule has 0 saturated carbocycles. The highest BCUT2D eigenvalue weighted by Crippen LogP contribution is 2.30. The molecule has 4 rings (SSSR count). The quantitative estimate of drug-likeness (QED) is 0.386. The molecule has 0 spiro atoms. The van der Waals surface area contributed by atoms with E-state index in [9.17, 15) is 13.2 Å². The molecule has 2 heterocycles. The van der Waals surface area contributed by atoms with Gasteiger partial charge in [-0.1, -0.05) is 25.1 Å². The molecule has 188 valence electrons. The average Bonchev–Trinajstić information content (AvgIpc) is 3.32. The van der Waals surface area contributed by atoms with Gasteiger partial charge in [0.25, 0.3) is 5.91 Å². The van der Waals surface area contributed by atoms with E-state index in [0.717, 1.165) is 28.3 Å². The number of benzene rings is 2. The summed E-state index contributed by atoms with van der Waals surface area (Å²) in [4.78, 5) is 16.4. The van der Waals surface area contributed by atoms with Crippen LogP contribution in [0.25, 0.3) is 6.08 Å². The molecule has 0 fully saturated rings. The van der Waals surface area contributed by atoms with Crippen LogP contribution in [0.1, 0.15) is 18.9 Å². The second-order valence-corrected chi connectivity index (χ2v) is 11.0. The van der Waals surface area contributed by atoms with Gasteiger partial charge in [0.1, 0.15) is 17.2 Å². The maximum atomic E-state index is 12.5. The molecule has 2 aromatic rings. The lowest BCUT2D eigenvalue weighted by Gasteiger charge is -2.20. The third-order valence-electron chi connectivity index (χ3n) is 5.14. The Morgan fingerprint density at radius 3 is 2.44 bits per heavy atom. The summed E-state index contributed by atoms with van der Waals surface area (Å²) in [6, 6.07) is 14.4. The number of amides is 1. The number of fused-ring (bicyclic) bond motifs is 1. The number of thioether (sulfide) groups is 1. The average molecular weight is 529 g/mol. The number of hydrazone groups is 1. The molecule has 1 N–H and O–H groups in total. The highest BCUT2D eigenvalue weighted by atomic mass is 32.3. The third kappa shape index (κ3) is 5.77. The number of carbonyl (C=O) groups excluding carboxylic acids is 1. The summed E-state index contributed by atoms with van der Waals surface area (Å²) < 4.78 is 40.7. The zero-order chi connectivity index (χ0) is 25.7. The first kappa shape index (κ1) is 25.5. The summed E-state index contributed by atoms with van der Waals surface area (Å²) >= 11 is 0.773. The predicted molar refractivity (Wildman–Crippen MR) is 140 cm³/mol. The molecule has 0 bridgehead atoms. The molecule has 0 radical (unpaired) electrons. The number of sulfone groups is 1. The van der Waals surface area contributed by atoms with Gasteiger partial charge in [-0.15, -0.1) is 5.10 Å². The first-order chi connectivity index (χ1) is 17.3. The fourth-order valence-corrected chi connectivity index (χ4v) is 5.34. The van der Waals surface area contributed by atoms with Gasteiger partial charge in [-0.05, 0) is 47.7 Å². The Hall–Kier alpha value is -3.64. The van der Waals surface area contributed by atoms with Crippen LogP contribution in [-0.2, 0) is 14.6 Å². The van der Waals surface area contributed by atoms with Crippen molar-refractivity contribution in [3.63, 3.8) is 0 Å². The van der Waals surface area contributed by atoms with Crippen molar-refractivity contribution in [2.24, 2.45) is 10.1 Å². The SMILES string of the molecule is CCS(=O)(=O)C1=NN2C(=N)/C(=C\c3ccc(OCCCOc4cccc(OC)c4)cc3)C(=O)N=C2S1. The minimum Gasteiger partial charge on any atom is -0.497 e. The summed E-state index contributed by atoms with van der Waals surface area (Å²) in [5.74, 6) is 1.13. The minimum absolute atomic E-state index is 0.0154. The number of methoxy groups -OCH3 is 1. The molecule has 0 unspecified atom stereocenters. The number of rotatable bonds is 9. The molecule has 0 atom stereocenters. The van der Waals surface area contributed by atoms with E-state index in [0.29, 0.717) is 30.9 Å². The van der Waals surface area contributed by atoms with E-state index in [1.807, 2.05) is 24.3 Å². The van der Waals surface area contributed by atoms with Crippen molar-refractivity contribution in [1.82, 2.24) is 5.01 Å². The molecule has 36 heavy (non-hydrogen) atoms. The van der Waals surface area contributed by atoms with Crippen molar-refractivity contribution in [3.8, 4) is 17.2 Å². The van der Waals surface area contributed by atoms with E-state index in [2.05, 4.69) is 10.1 Å². The number of amidine groups is 2. The van der Waals surface area contributed by atoms with Gasteiger partial charge in [0.2, 0.25) is 19.4 Å². The van der Waals surface area contributed by atoms with Crippen LogP contribution in [0.15, 0.2) is 64.2 Å². The van der Waals surface area contributed by atoms with E-state index >= 15 is 0 Å². The number of aliphatic imine (C=N–C) groups is 1. The smallest absolute Gasteiger partial charge is 0.283 e. The first-order valence-corrected chi connectivity index (χ1v) is 13.5. The first-order valence-electron chi connectivity index (χ1n) is 11.0. The van der Waals surface area contributed by atoms with Gasteiger partial charge in [0, 0.05) is 12.5 Å². The van der Waals surface area contributed by atoms with Gasteiger partial charge in [-0.25, -0.2) is 8.42 Å². The fraction of sp³-hybridized carbons (Fsp3) is 0.250. The van der Waals surface area contributed by atoms with Crippen molar-refractivity contribution >= 4 is 49.0 Å². The van der Waals surface area contributed by atoms with Crippen molar-refractivity contribution in [1.29, 1.82) is 5.41 Å². The third-order valence-corrected chi connectivity index (χ3v) is 8.23. The molecule has 12 heteroatoms. The zero-order valence-corrected chi connectivity index (χ0v) is 21.3. The van der Waals surface area contributed by atoms with Crippen LogP contribution in [0.5, 0.6) is 17.2 Å². The number of carbonyl (C=O) groups is 1. The molecule has 1 amide bonds. The zero-order valence-electron chi connectivity index (χ0n) is 19.6. The molecule has 2 aromatic carbocycles. The van der Waals surface area contributed by atoms with E-state index in [-0.39, 0.29) is 26.7 Å². The van der Waals surface area contributed by atoms with Gasteiger partial charge in [-0.3, -0.25) is 10.2 Å². The van der Waals surface area contributed by atoms with Crippen LogP contribution in [0.4, 0.5) is 0 Å². The topological polar surface area (TPSA) is 131 Å². The molecule has 2 aliphatic heterocycles. The highest BCUT2D eigenvalue weighted by Gasteiger charge is 2.39. The number of hydrogen-bond donors (Lipinski definition) is 1. The number of hydrogen-bond acceptors (Lipinski definition) is 9. The molecule has 0 aromatic heterocycles. The second kappa shape index (κ2) is 11.0. The van der Waals surface area contributed by atoms with Gasteiger partial charge in [0.15, 0.2) is 5.84 Å². The summed E-state index contributed by atoms with van der Waals surface area (Å²) in [6.07, 6.45) is 2.20. The Labute approximate surface area is 213 Å². The van der Waals surface area contributed by atoms with Crippen LogP contribution in [0.3, 0.4) is 0 Å². The Bertz CT molecular complexity index is 1370. The monoisotopic (exact) mass is 528 g/mol. The predicted octanol–water partition coefficient (Wildman–Crippen LogP) is 3.55. The lowest BCUT2D eigenvalue weighted by atomic mass is 10.1. The van der Waals surface area contributed by atoms with E-state index in [1.165, 1.54) is 13.0 Å². The Morgan fingerprint density at radius 1 is 1.06 bits per heavy atom. The van der Waals surface area contributed by atoms with Crippen LogP contribution in [-0.4, -0.2) is 60.8 Å². The van der Waals surface area contributed by atoms with Crippen molar-refractivity contribution in [2.75, 3.05) is 26.1 Å². The summed E-state index contributed by atoms with van der Waals surface area (Å²) in [6.45, 7) is 2.45. The summed E-state index contributed by atoms with van der Waals surface area (Å²) in [7, 11) is -1.97. The van der Waals surface area contributed by atoms with Gasteiger partial charge < -0.3 is 14.2 Å². The number of nitrogens with one attached hydrogen (secondary N) is 1. The van der Waals surface area contributed by atoms with E-state index in [1.54, 1.807) is 31.4 Å². The second-order valence-electron chi connectivity index (χ2n) is 7.59. The molecule has 2 aliphatic rings. The Morgan fingerprint density at radius 2 is 1.75 bits per heavy atom. The lowest BCUT2D eigenvalue weighted by Crippen LogP contribution is -2.35. The highest BCUT2D eigenvalue weighted by molar-refractivity contribution is 8.42. The fourth-order valence-electron chi connectivity index (χ4n) is 3.18. The van der Waals surface area contributed by atoms with Crippen LogP contribution < -0.4 is 14.2 Å². The van der Waals surface area contributed by atoms with E-state index in [4.69, 9.17) is 19.6 Å². The molecular weight excluding hydrogens is 504 g/mol. The minimum atomic E-state index is -3.57. The number of nitrogens with zero attached hydrogens (tertiary/aromatic N) is 3. The van der Waals surface area contributed by atoms with E-state index < -0.39 is 15.7 Å².